The maximum absolute atomic E-state index is 12.9. The molecule has 0 saturated carbocycles. The van der Waals surface area contributed by atoms with Crippen LogP contribution < -0.4 is 5.32 Å². The Morgan fingerprint density at radius 1 is 1.06 bits per heavy atom. The molecule has 3 aromatic rings. The molecule has 0 atom stereocenters. The van der Waals surface area contributed by atoms with Gasteiger partial charge in [-0.25, -0.2) is 14.3 Å². The van der Waals surface area contributed by atoms with Crippen molar-refractivity contribution in [3.63, 3.8) is 0 Å². The molecule has 1 aliphatic rings. The van der Waals surface area contributed by atoms with E-state index in [2.05, 4.69) is 15.4 Å². The van der Waals surface area contributed by atoms with Crippen molar-refractivity contribution in [2.45, 2.75) is 13.1 Å². The first-order chi connectivity index (χ1) is 14.7. The first-order valence-electron chi connectivity index (χ1n) is 9.56. The summed E-state index contributed by atoms with van der Waals surface area (Å²) in [6.07, 6.45) is -1.29. The second-order valence-corrected chi connectivity index (χ2v) is 7.18. The minimum Gasteiger partial charge on any atom is -0.335 e. The third-order valence-electron chi connectivity index (χ3n) is 5.03. The van der Waals surface area contributed by atoms with Crippen molar-refractivity contribution in [1.82, 2.24) is 24.4 Å². The number of carbonyl (C=O) groups is 2. The molecule has 3 heterocycles. The van der Waals surface area contributed by atoms with E-state index in [-0.39, 0.29) is 37.8 Å². The Labute approximate surface area is 175 Å². The fraction of sp³-hybridized carbons (Fsp3) is 0.300. The fourth-order valence-corrected chi connectivity index (χ4v) is 3.37. The van der Waals surface area contributed by atoms with Crippen molar-refractivity contribution in [1.29, 1.82) is 0 Å². The number of fused-ring (bicyclic) bond motifs is 1. The Balaban J connectivity index is 1.38. The largest absolute Gasteiger partial charge is 0.416 e. The Morgan fingerprint density at radius 2 is 1.77 bits per heavy atom. The monoisotopic (exact) mass is 432 g/mol. The summed E-state index contributed by atoms with van der Waals surface area (Å²) in [6, 6.07) is 5.73. The molecule has 1 N–H and O–H groups in total. The van der Waals surface area contributed by atoms with Gasteiger partial charge in [-0.2, -0.15) is 18.3 Å². The molecule has 1 aliphatic heterocycles. The lowest BCUT2D eigenvalue weighted by molar-refractivity contribution is -0.137. The van der Waals surface area contributed by atoms with Crippen LogP contribution in [0.4, 0.5) is 23.7 Å². The van der Waals surface area contributed by atoms with Gasteiger partial charge < -0.3 is 15.1 Å². The van der Waals surface area contributed by atoms with Crippen LogP contribution in [0.5, 0.6) is 0 Å². The number of urea groups is 1. The van der Waals surface area contributed by atoms with Crippen molar-refractivity contribution in [3.8, 4) is 0 Å². The second kappa shape index (κ2) is 7.89. The fourth-order valence-electron chi connectivity index (χ4n) is 3.37. The van der Waals surface area contributed by atoms with E-state index in [0.717, 1.165) is 17.8 Å². The van der Waals surface area contributed by atoms with E-state index in [4.69, 9.17) is 0 Å². The zero-order valence-electron chi connectivity index (χ0n) is 16.6. The van der Waals surface area contributed by atoms with Gasteiger partial charge >= 0.3 is 12.2 Å². The van der Waals surface area contributed by atoms with Crippen molar-refractivity contribution in [2.24, 2.45) is 0 Å². The molecule has 3 amide bonds. The van der Waals surface area contributed by atoms with E-state index >= 15 is 0 Å². The highest BCUT2D eigenvalue weighted by atomic mass is 19.4. The summed E-state index contributed by atoms with van der Waals surface area (Å²) < 4.78 is 40.1. The second-order valence-electron chi connectivity index (χ2n) is 7.18. The topological polar surface area (TPSA) is 82.8 Å². The van der Waals surface area contributed by atoms with E-state index in [0.29, 0.717) is 11.2 Å². The number of hydrogen-bond acceptors (Lipinski definition) is 4. The van der Waals surface area contributed by atoms with Crippen LogP contribution in [-0.2, 0) is 6.18 Å². The number of nitrogens with one attached hydrogen (secondary N) is 1. The molecule has 0 radical (unpaired) electrons. The summed E-state index contributed by atoms with van der Waals surface area (Å²) in [5, 5.41) is 6.63. The van der Waals surface area contributed by atoms with Crippen LogP contribution in [0, 0.1) is 6.92 Å². The normalized spacial score (nSPS) is 14.7. The average Bonchev–Trinajstić information content (AvgIpc) is 3.16. The average molecular weight is 432 g/mol. The number of hydrogen-bond donors (Lipinski definition) is 1. The van der Waals surface area contributed by atoms with Crippen molar-refractivity contribution in [2.75, 3.05) is 31.5 Å². The molecular weight excluding hydrogens is 413 g/mol. The minimum absolute atomic E-state index is 0.0612. The maximum atomic E-state index is 12.9. The lowest BCUT2D eigenvalue weighted by atomic mass is 10.2. The van der Waals surface area contributed by atoms with Gasteiger partial charge in [-0.05, 0) is 31.2 Å². The summed E-state index contributed by atoms with van der Waals surface area (Å²) in [5.74, 6) is -0.231. The van der Waals surface area contributed by atoms with Gasteiger partial charge in [-0.1, -0.05) is 6.07 Å². The number of halogens is 3. The maximum Gasteiger partial charge on any atom is 0.416 e. The quantitative estimate of drug-likeness (QED) is 0.675. The molecule has 0 unspecified atom stereocenters. The minimum atomic E-state index is -4.49. The van der Waals surface area contributed by atoms with Gasteiger partial charge in [0.2, 0.25) is 0 Å². The van der Waals surface area contributed by atoms with Crippen LogP contribution in [0.2, 0.25) is 0 Å². The molecule has 8 nitrogen and oxygen atoms in total. The van der Waals surface area contributed by atoms with Crippen LogP contribution in [0.15, 0.2) is 42.7 Å². The number of piperazine rings is 1. The van der Waals surface area contributed by atoms with Gasteiger partial charge in [0.15, 0.2) is 5.65 Å². The summed E-state index contributed by atoms with van der Waals surface area (Å²) in [4.78, 5) is 32.8. The molecule has 1 saturated heterocycles. The van der Waals surface area contributed by atoms with E-state index < -0.39 is 17.8 Å². The number of benzene rings is 1. The van der Waals surface area contributed by atoms with E-state index in [1.165, 1.54) is 27.7 Å². The zero-order chi connectivity index (χ0) is 22.2. The highest BCUT2D eigenvalue weighted by molar-refractivity contribution is 5.99. The molecule has 1 aromatic carbocycles. The number of carbonyl (C=O) groups excluding carboxylic acids is 2. The number of nitrogens with zero attached hydrogens (tertiary/aromatic N) is 5. The number of anilines is 1. The summed E-state index contributed by atoms with van der Waals surface area (Å²) in [7, 11) is 0. The van der Waals surface area contributed by atoms with Gasteiger partial charge in [-0.15, -0.1) is 0 Å². The number of rotatable bonds is 2. The highest BCUT2D eigenvalue weighted by Crippen LogP contribution is 2.30. The zero-order valence-corrected chi connectivity index (χ0v) is 16.6. The van der Waals surface area contributed by atoms with E-state index in [9.17, 15) is 22.8 Å². The lowest BCUT2D eigenvalue weighted by Gasteiger charge is -2.34. The van der Waals surface area contributed by atoms with Gasteiger partial charge in [-0.3, -0.25) is 4.79 Å². The molecule has 31 heavy (non-hydrogen) atoms. The Hall–Kier alpha value is -3.63. The number of aromatic nitrogens is 3. The molecule has 2 aromatic heterocycles. The molecule has 1 fully saturated rings. The van der Waals surface area contributed by atoms with Crippen LogP contribution >= 0.6 is 0 Å². The van der Waals surface area contributed by atoms with Crippen LogP contribution in [0.25, 0.3) is 5.65 Å². The standard InChI is InChI=1S/C20H19F3N6O2/c1-13-5-6-29-17(25-13)16(12-24-29)18(30)27-7-9-28(10-8-27)19(31)26-15-4-2-3-14(11-15)20(21,22)23/h2-6,11-12H,7-10H2,1H3,(H,26,31). The molecular formula is C20H19F3N6O2. The third kappa shape index (κ3) is 4.30. The van der Waals surface area contributed by atoms with Crippen molar-refractivity contribution < 1.29 is 22.8 Å². The SMILES string of the molecule is Cc1ccn2ncc(C(=O)N3CCN(C(=O)Nc4cccc(C(F)(F)F)c4)CC3)c2n1. The molecule has 0 bridgehead atoms. The van der Waals surface area contributed by atoms with E-state index in [1.54, 1.807) is 17.2 Å². The smallest absolute Gasteiger partial charge is 0.335 e. The molecule has 4 rings (SSSR count). The predicted octanol–water partition coefficient (Wildman–Crippen LogP) is 3.05. The molecule has 162 valence electrons. The first-order valence-corrected chi connectivity index (χ1v) is 9.56. The van der Waals surface area contributed by atoms with Gasteiger partial charge in [0, 0.05) is 43.8 Å². The molecule has 11 heteroatoms. The van der Waals surface area contributed by atoms with Crippen LogP contribution in [0.3, 0.4) is 0 Å². The third-order valence-corrected chi connectivity index (χ3v) is 5.03. The van der Waals surface area contributed by atoms with Crippen molar-refractivity contribution in [3.05, 3.63) is 59.5 Å². The highest BCUT2D eigenvalue weighted by Gasteiger charge is 2.31. The van der Waals surface area contributed by atoms with Crippen LogP contribution in [0.1, 0.15) is 21.6 Å². The predicted molar refractivity (Wildman–Crippen MR) is 106 cm³/mol. The van der Waals surface area contributed by atoms with Crippen LogP contribution in [-0.4, -0.2) is 62.5 Å². The molecule has 0 aliphatic carbocycles. The van der Waals surface area contributed by atoms with E-state index in [1.807, 2.05) is 6.92 Å². The Morgan fingerprint density at radius 3 is 2.48 bits per heavy atom. The van der Waals surface area contributed by atoms with Gasteiger partial charge in [0.25, 0.3) is 5.91 Å². The Kier molecular flexibility index (Phi) is 5.25. The molecule has 0 spiro atoms. The Bertz CT molecular complexity index is 1140. The number of aryl methyl sites for hydroxylation is 1. The number of amides is 3. The number of alkyl halides is 3. The summed E-state index contributed by atoms with van der Waals surface area (Å²) in [5.41, 5.74) is 0.836. The first kappa shape index (κ1) is 20.6. The van der Waals surface area contributed by atoms with Gasteiger partial charge in [0.05, 0.1) is 11.8 Å². The van der Waals surface area contributed by atoms with Gasteiger partial charge in [0.1, 0.15) is 5.56 Å². The van der Waals surface area contributed by atoms with Crippen molar-refractivity contribution >= 4 is 23.3 Å². The summed E-state index contributed by atoms with van der Waals surface area (Å²) >= 11 is 0. The summed E-state index contributed by atoms with van der Waals surface area (Å²) in [6.45, 7) is 2.91. The lowest BCUT2D eigenvalue weighted by Crippen LogP contribution is -2.51.